The van der Waals surface area contributed by atoms with E-state index < -0.39 is 0 Å². The first kappa shape index (κ1) is 41.1. The topological polar surface area (TPSA) is 136 Å². The van der Waals surface area contributed by atoms with Gasteiger partial charge in [0.1, 0.15) is 13.2 Å². The van der Waals surface area contributed by atoms with Crippen LogP contribution in [0.4, 0.5) is 0 Å². The van der Waals surface area contributed by atoms with Crippen molar-refractivity contribution in [2.75, 3.05) is 33.0 Å². The Kier molecular flexibility index (Phi) is 23.6. The maximum absolute atomic E-state index is 11.3. The molecule has 0 fully saturated rings. The zero-order chi connectivity index (χ0) is 34.6. The standard InChI is InChI=1S/C12H12O3.C12H10O3.C9H9IO2.C3H4O/c2*1-2-15-12(14)11-7-5-10(6-8-11)4-3-9-13;1-2-12-9(11)7-3-5-8(10)6-4-7;1-2-3-4/h5-8,13H,2,9H2,1H3;5-9H,2H2,1H3;3-6H,2H2,1H3;1,4H,3H2. The minimum Gasteiger partial charge on any atom is -0.462 e. The molecule has 46 heavy (non-hydrogen) atoms. The second-order valence-electron chi connectivity index (χ2n) is 8.03. The predicted octanol–water partition coefficient (Wildman–Crippen LogP) is 4.70. The summed E-state index contributed by atoms with van der Waals surface area (Å²) < 4.78 is 15.6. The van der Waals surface area contributed by atoms with Crippen LogP contribution in [0.15, 0.2) is 72.8 Å². The molecule has 0 amide bonds. The third-order valence-corrected chi connectivity index (χ3v) is 5.55. The van der Waals surface area contributed by atoms with Gasteiger partial charge in [-0.05, 0) is 122 Å². The molecule has 0 unspecified atom stereocenters. The van der Waals surface area contributed by atoms with Gasteiger partial charge in [0.25, 0.3) is 0 Å². The molecule has 0 spiro atoms. The molecule has 2 N–H and O–H groups in total. The van der Waals surface area contributed by atoms with Gasteiger partial charge in [-0.2, -0.15) is 0 Å². The molecule has 10 heteroatoms. The van der Waals surface area contributed by atoms with E-state index in [9.17, 15) is 19.2 Å². The summed E-state index contributed by atoms with van der Waals surface area (Å²) in [6.07, 6.45) is 5.05. The molecular weight excluding hydrogens is 703 g/mol. The largest absolute Gasteiger partial charge is 0.462 e. The number of hydrogen-bond donors (Lipinski definition) is 2. The Morgan fingerprint density at radius 1 is 0.674 bits per heavy atom. The third kappa shape index (κ3) is 18.7. The summed E-state index contributed by atoms with van der Waals surface area (Å²) in [6.45, 7) is 6.13. The number of ether oxygens (including phenoxy) is 3. The van der Waals surface area contributed by atoms with Gasteiger partial charge in [-0.3, -0.25) is 4.79 Å². The number of terminal acetylenes is 1. The molecule has 0 heterocycles. The van der Waals surface area contributed by atoms with Crippen LogP contribution in [0.5, 0.6) is 0 Å². The van der Waals surface area contributed by atoms with E-state index in [4.69, 9.17) is 24.4 Å². The summed E-state index contributed by atoms with van der Waals surface area (Å²) in [5.41, 5.74) is 3.05. The van der Waals surface area contributed by atoms with Crippen molar-refractivity contribution in [2.45, 2.75) is 20.8 Å². The number of hydrogen-bond acceptors (Lipinski definition) is 9. The van der Waals surface area contributed by atoms with Gasteiger partial charge in [-0.25, -0.2) is 14.4 Å². The monoisotopic (exact) mass is 738 g/mol. The average molecular weight is 739 g/mol. The Bertz CT molecular complexity index is 1520. The Labute approximate surface area is 283 Å². The molecule has 3 rings (SSSR count). The van der Waals surface area contributed by atoms with E-state index in [0.29, 0.717) is 48.4 Å². The minimum atomic E-state index is -0.354. The molecule has 9 nitrogen and oxygen atoms in total. The fraction of sp³-hybridized carbons (Fsp3) is 0.222. The zero-order valence-electron chi connectivity index (χ0n) is 25.7. The fourth-order valence-corrected chi connectivity index (χ4v) is 3.22. The van der Waals surface area contributed by atoms with Crippen LogP contribution < -0.4 is 0 Å². The van der Waals surface area contributed by atoms with Crippen LogP contribution in [0.25, 0.3) is 0 Å². The first-order valence-corrected chi connectivity index (χ1v) is 14.8. The molecule has 0 aliphatic heterocycles. The van der Waals surface area contributed by atoms with Crippen molar-refractivity contribution >= 4 is 46.8 Å². The number of aliphatic hydroxyl groups is 2. The van der Waals surface area contributed by atoms with E-state index in [2.05, 4.69) is 52.7 Å². The van der Waals surface area contributed by atoms with Crippen LogP contribution in [0.2, 0.25) is 0 Å². The van der Waals surface area contributed by atoms with Gasteiger partial charge >= 0.3 is 17.9 Å². The van der Waals surface area contributed by atoms with E-state index in [1.807, 2.05) is 18.1 Å². The van der Waals surface area contributed by atoms with Crippen molar-refractivity contribution in [3.63, 3.8) is 0 Å². The number of halogens is 1. The maximum atomic E-state index is 11.3. The van der Waals surface area contributed by atoms with E-state index >= 15 is 0 Å². The quantitative estimate of drug-likeness (QED) is 0.121. The fourth-order valence-electron chi connectivity index (χ4n) is 2.86. The second kappa shape index (κ2) is 26.5. The third-order valence-electron chi connectivity index (χ3n) is 4.83. The first-order valence-electron chi connectivity index (χ1n) is 13.8. The van der Waals surface area contributed by atoms with Gasteiger partial charge in [0.05, 0.1) is 36.5 Å². The molecule has 0 aliphatic rings. The highest BCUT2D eigenvalue weighted by molar-refractivity contribution is 14.1. The molecule has 0 aromatic heterocycles. The highest BCUT2D eigenvalue weighted by atomic mass is 127. The van der Waals surface area contributed by atoms with Crippen LogP contribution in [0.3, 0.4) is 0 Å². The summed E-state index contributed by atoms with van der Waals surface area (Å²) in [5, 5.41) is 16.1. The van der Waals surface area contributed by atoms with Crippen LogP contribution in [-0.4, -0.2) is 67.4 Å². The number of aldehydes is 1. The SMILES string of the molecule is C#CCO.CCOC(=O)c1ccc(C#CC=O)cc1.CCOC(=O)c1ccc(C#CCO)cc1.CCOC(=O)c1ccc(I)cc1. The van der Waals surface area contributed by atoms with Gasteiger partial charge in [0.15, 0.2) is 6.29 Å². The van der Waals surface area contributed by atoms with Crippen molar-refractivity contribution in [2.24, 2.45) is 0 Å². The number of carbonyl (C=O) groups excluding carboxylic acids is 4. The lowest BCUT2D eigenvalue weighted by Crippen LogP contribution is -2.04. The number of carbonyl (C=O) groups is 4. The molecular formula is C36H35IO9. The Balaban J connectivity index is 0.000000626. The molecule has 0 saturated carbocycles. The number of aliphatic hydroxyl groups excluding tert-OH is 2. The smallest absolute Gasteiger partial charge is 0.338 e. The molecule has 3 aromatic carbocycles. The maximum Gasteiger partial charge on any atom is 0.338 e. The normalized spacial score (nSPS) is 8.63. The summed E-state index contributed by atoms with van der Waals surface area (Å²) in [6, 6.07) is 20.6. The highest BCUT2D eigenvalue weighted by Gasteiger charge is 2.06. The van der Waals surface area contributed by atoms with Crippen LogP contribution in [-0.2, 0) is 19.0 Å². The lowest BCUT2D eigenvalue weighted by molar-refractivity contribution is -0.103. The van der Waals surface area contributed by atoms with Gasteiger partial charge < -0.3 is 24.4 Å². The van der Waals surface area contributed by atoms with Gasteiger partial charge in [-0.15, -0.1) is 6.42 Å². The van der Waals surface area contributed by atoms with E-state index in [1.165, 1.54) is 0 Å². The van der Waals surface area contributed by atoms with Gasteiger partial charge in [0.2, 0.25) is 0 Å². The van der Waals surface area contributed by atoms with Crippen LogP contribution in [0, 0.1) is 39.6 Å². The summed E-state index contributed by atoms with van der Waals surface area (Å²) in [4.78, 5) is 43.6. The predicted molar refractivity (Wildman–Crippen MR) is 183 cm³/mol. The van der Waals surface area contributed by atoms with Crippen LogP contribution in [0.1, 0.15) is 63.0 Å². The Morgan fingerprint density at radius 2 is 1.02 bits per heavy atom. The van der Waals surface area contributed by atoms with E-state index in [1.54, 1.807) is 81.4 Å². The van der Waals surface area contributed by atoms with Crippen molar-refractivity contribution in [1.29, 1.82) is 0 Å². The van der Waals surface area contributed by atoms with Crippen LogP contribution >= 0.6 is 22.6 Å². The van der Waals surface area contributed by atoms with E-state index in [0.717, 1.165) is 9.13 Å². The van der Waals surface area contributed by atoms with Crippen molar-refractivity contribution in [1.82, 2.24) is 0 Å². The van der Waals surface area contributed by atoms with E-state index in [-0.39, 0.29) is 31.1 Å². The number of esters is 3. The summed E-state index contributed by atoms with van der Waals surface area (Å²) >= 11 is 2.19. The molecule has 0 aliphatic carbocycles. The Morgan fingerprint density at radius 3 is 1.33 bits per heavy atom. The first-order chi connectivity index (χ1) is 22.2. The van der Waals surface area contributed by atoms with Crippen molar-refractivity contribution < 1.29 is 43.6 Å². The van der Waals surface area contributed by atoms with Crippen molar-refractivity contribution in [3.05, 3.63) is 104 Å². The zero-order valence-corrected chi connectivity index (χ0v) is 27.9. The molecule has 0 bridgehead atoms. The summed E-state index contributed by atoms with van der Waals surface area (Å²) in [7, 11) is 0. The number of benzene rings is 3. The lowest BCUT2D eigenvalue weighted by atomic mass is 10.1. The molecule has 240 valence electrons. The number of rotatable bonds is 6. The average Bonchev–Trinajstić information content (AvgIpc) is 3.08. The van der Waals surface area contributed by atoms with Gasteiger partial charge in [-0.1, -0.05) is 23.7 Å². The minimum absolute atomic E-state index is 0.153. The highest BCUT2D eigenvalue weighted by Crippen LogP contribution is 2.08. The summed E-state index contributed by atoms with van der Waals surface area (Å²) in [5.74, 6) is 11.2. The molecule has 3 aromatic rings. The van der Waals surface area contributed by atoms with Gasteiger partial charge in [0, 0.05) is 14.7 Å². The molecule has 0 radical (unpaired) electrons. The Hall–Kier alpha value is -4.93. The molecule has 0 saturated heterocycles. The van der Waals surface area contributed by atoms with Crippen molar-refractivity contribution in [3.8, 4) is 36.0 Å². The lowest BCUT2D eigenvalue weighted by Gasteiger charge is -2.00. The second-order valence-corrected chi connectivity index (χ2v) is 9.28. The molecule has 0 atom stereocenters.